The van der Waals surface area contributed by atoms with Gasteiger partial charge in [-0.1, -0.05) is 54.5 Å². The highest BCUT2D eigenvalue weighted by Crippen LogP contribution is 2.62. The number of methoxy groups -OCH3 is 2. The number of carbonyl (C=O) groups is 5. The van der Waals surface area contributed by atoms with Gasteiger partial charge in [0.25, 0.3) is 0 Å². The quantitative estimate of drug-likeness (QED) is 0.130. The Morgan fingerprint density at radius 2 is 1.58 bits per heavy atom. The van der Waals surface area contributed by atoms with Crippen LogP contribution in [-0.4, -0.2) is 114 Å². The lowest BCUT2D eigenvalue weighted by Gasteiger charge is -2.63. The number of terminal acetylenes is 1. The minimum Gasteiger partial charge on any atom is -0.456 e. The fourth-order valence-corrected chi connectivity index (χ4v) is 10.1. The lowest BCUT2D eigenvalue weighted by atomic mass is 9.52. The van der Waals surface area contributed by atoms with Gasteiger partial charge in [-0.25, -0.2) is 14.4 Å². The second kappa shape index (κ2) is 17.2. The maximum Gasteiger partial charge on any atom is 0.408 e. The SMILES string of the molecule is C#CC1(C)C2=C(C)C(OC(=O)C(O)C(NC(=O)OC(C)(C)C)c3ccccc3)CC1(O)C(OC(=O)c1ccccc1)CC1C3(OC(C)=O)COC3CC(OC)C1(C)C(=O)C2OC. The Morgan fingerprint density at radius 1 is 0.952 bits per heavy atom. The number of rotatable bonds is 10. The maximum atomic E-state index is 15.6. The molecule has 0 radical (unpaired) electrons. The van der Waals surface area contributed by atoms with E-state index in [4.69, 9.17) is 39.6 Å². The Bertz CT molecular complexity index is 2130. The summed E-state index contributed by atoms with van der Waals surface area (Å²) in [5.41, 5.74) is -7.35. The summed E-state index contributed by atoms with van der Waals surface area (Å²) in [6.45, 7) is 10.9. The minimum atomic E-state index is -2.36. The zero-order valence-corrected chi connectivity index (χ0v) is 36.6. The van der Waals surface area contributed by atoms with Crippen molar-refractivity contribution in [3.63, 3.8) is 0 Å². The Hall–Kier alpha value is -5.11. The van der Waals surface area contributed by atoms with Crippen LogP contribution in [0.15, 0.2) is 71.8 Å². The molecule has 2 aromatic carbocycles. The highest BCUT2D eigenvalue weighted by molar-refractivity contribution is 5.94. The number of benzene rings is 2. The van der Waals surface area contributed by atoms with Crippen molar-refractivity contribution in [2.75, 3.05) is 20.8 Å². The van der Waals surface area contributed by atoms with Crippen LogP contribution in [0.25, 0.3) is 0 Å². The Morgan fingerprint density at radius 3 is 2.11 bits per heavy atom. The fourth-order valence-electron chi connectivity index (χ4n) is 10.1. The molecule has 1 aliphatic heterocycles. The molecule has 62 heavy (non-hydrogen) atoms. The van der Waals surface area contributed by atoms with Crippen molar-refractivity contribution in [3.05, 3.63) is 82.9 Å². The minimum absolute atomic E-state index is 0.0611. The third kappa shape index (κ3) is 7.92. The molecule has 0 spiro atoms. The summed E-state index contributed by atoms with van der Waals surface area (Å²) in [6.07, 6.45) is -3.33. The third-order valence-electron chi connectivity index (χ3n) is 13.3. The number of Topliss-reactive ketones (excluding diaryl/α,β-unsaturated/α-hetero) is 1. The van der Waals surface area contributed by atoms with Crippen LogP contribution in [-0.2, 0) is 47.5 Å². The van der Waals surface area contributed by atoms with Crippen molar-refractivity contribution in [1.82, 2.24) is 5.32 Å². The van der Waals surface area contributed by atoms with Crippen molar-refractivity contribution in [1.29, 1.82) is 0 Å². The Balaban J connectivity index is 1.53. The van der Waals surface area contributed by atoms with Crippen molar-refractivity contribution in [2.45, 2.75) is 127 Å². The van der Waals surface area contributed by atoms with Gasteiger partial charge in [0.1, 0.15) is 35.6 Å². The molecule has 15 nitrogen and oxygen atoms in total. The van der Waals surface area contributed by atoms with Crippen LogP contribution < -0.4 is 5.32 Å². The molecule has 15 heteroatoms. The van der Waals surface area contributed by atoms with E-state index >= 15 is 4.79 Å². The van der Waals surface area contributed by atoms with Crippen LogP contribution in [0, 0.1) is 29.1 Å². The molecule has 3 N–H and O–H groups in total. The van der Waals surface area contributed by atoms with Crippen LogP contribution in [0.5, 0.6) is 0 Å². The Kier molecular flexibility index (Phi) is 12.9. The third-order valence-corrected chi connectivity index (χ3v) is 13.3. The monoisotopic (exact) mass is 859 g/mol. The molecule has 1 amide bonds. The summed E-state index contributed by atoms with van der Waals surface area (Å²) in [5, 5.41) is 27.9. The molecule has 334 valence electrons. The predicted octanol–water partition coefficient (Wildman–Crippen LogP) is 4.57. The summed E-state index contributed by atoms with van der Waals surface area (Å²) >= 11 is 0. The van der Waals surface area contributed by atoms with Gasteiger partial charge in [-0.15, -0.1) is 6.42 Å². The molecule has 2 saturated carbocycles. The number of esters is 3. The Labute approximate surface area is 361 Å². The van der Waals surface area contributed by atoms with E-state index in [0.717, 1.165) is 0 Å². The molecule has 2 bridgehead atoms. The molecule has 1 saturated heterocycles. The first-order valence-electron chi connectivity index (χ1n) is 20.6. The first-order chi connectivity index (χ1) is 29.1. The summed E-state index contributed by atoms with van der Waals surface area (Å²) in [4.78, 5) is 70.0. The number of ketones is 1. The molecule has 12 unspecified atom stereocenters. The van der Waals surface area contributed by atoms with Gasteiger partial charge in [-0.2, -0.15) is 0 Å². The van der Waals surface area contributed by atoms with Gasteiger partial charge in [0, 0.05) is 39.9 Å². The van der Waals surface area contributed by atoms with Crippen molar-refractivity contribution >= 4 is 29.8 Å². The lowest BCUT2D eigenvalue weighted by molar-refractivity contribution is -0.324. The van der Waals surface area contributed by atoms with Gasteiger partial charge in [0.05, 0.1) is 35.1 Å². The first-order valence-corrected chi connectivity index (χ1v) is 20.6. The van der Waals surface area contributed by atoms with E-state index in [0.29, 0.717) is 5.56 Å². The second-order valence-corrected chi connectivity index (χ2v) is 18.0. The van der Waals surface area contributed by atoms with Crippen molar-refractivity contribution in [3.8, 4) is 12.3 Å². The molecule has 4 aliphatic rings. The van der Waals surface area contributed by atoms with E-state index in [-0.39, 0.29) is 36.2 Å². The summed E-state index contributed by atoms with van der Waals surface area (Å²) in [5.74, 6) is -1.54. The zero-order chi connectivity index (χ0) is 45.6. The topological polar surface area (TPSA) is 202 Å². The number of nitrogens with one attached hydrogen (secondary N) is 1. The highest BCUT2D eigenvalue weighted by Gasteiger charge is 2.74. The van der Waals surface area contributed by atoms with Crippen LogP contribution >= 0.6 is 0 Å². The highest BCUT2D eigenvalue weighted by atomic mass is 16.6. The zero-order valence-electron chi connectivity index (χ0n) is 36.6. The van der Waals surface area contributed by atoms with Crippen molar-refractivity contribution in [2.24, 2.45) is 16.7 Å². The number of aliphatic hydroxyl groups is 2. The summed E-state index contributed by atoms with van der Waals surface area (Å²) in [6, 6.07) is 14.9. The number of hydrogen-bond acceptors (Lipinski definition) is 14. The molecule has 6 rings (SSSR count). The van der Waals surface area contributed by atoms with Gasteiger partial charge in [0.2, 0.25) is 0 Å². The standard InChI is InChI=1S/C47H57NO14/c1-11-44(7)35-26(2)30(59-41(53)37(50)36(28-18-14-12-15-19-28)48-42(54)62-43(4,5)6)24-47(44,55)34(60-40(52)29-20-16-13-17-21-29)22-31-45(8,39(51)38(35)57-10)32(56-9)23-33-46(31,25-58-33)61-27(3)49/h1,12-21,30-34,36-38,50,55H,22-25H2,2-10H3,(H,48,54). The fraction of sp³-hybridized carbons (Fsp3) is 0.553. The van der Waals surface area contributed by atoms with Gasteiger partial charge in [-0.05, 0) is 76.8 Å². The number of ether oxygens (including phenoxy) is 7. The molecular formula is C47H57NO14. The van der Waals surface area contributed by atoms with Crippen LogP contribution in [0.1, 0.15) is 89.7 Å². The molecule has 12 atom stereocenters. The molecule has 3 fully saturated rings. The van der Waals surface area contributed by atoms with Gasteiger partial charge in [0.15, 0.2) is 17.5 Å². The first kappa shape index (κ1) is 46.4. The molecule has 0 aromatic heterocycles. The number of amides is 1. The van der Waals surface area contributed by atoms with E-state index in [1.807, 2.05) is 0 Å². The summed E-state index contributed by atoms with van der Waals surface area (Å²) in [7, 11) is 2.75. The number of alkyl carbamates (subject to hydrolysis) is 1. The van der Waals surface area contributed by atoms with E-state index in [1.54, 1.807) is 83.1 Å². The normalized spacial score (nSPS) is 33.9. The van der Waals surface area contributed by atoms with Crippen LogP contribution in [0.4, 0.5) is 4.79 Å². The largest absolute Gasteiger partial charge is 0.456 e. The molecule has 2 aromatic rings. The van der Waals surface area contributed by atoms with Gasteiger partial charge in [-0.3, -0.25) is 9.59 Å². The van der Waals surface area contributed by atoms with Crippen LogP contribution in [0.3, 0.4) is 0 Å². The number of aliphatic hydroxyl groups excluding tert-OH is 1. The van der Waals surface area contributed by atoms with Gasteiger partial charge >= 0.3 is 24.0 Å². The number of hydrogen-bond donors (Lipinski definition) is 3. The predicted molar refractivity (Wildman–Crippen MR) is 221 cm³/mol. The molecule has 1 heterocycles. The van der Waals surface area contributed by atoms with Crippen molar-refractivity contribution < 1.29 is 67.3 Å². The smallest absolute Gasteiger partial charge is 0.408 e. The average molecular weight is 860 g/mol. The second-order valence-electron chi connectivity index (χ2n) is 18.0. The molecular weight excluding hydrogens is 803 g/mol. The van der Waals surface area contributed by atoms with E-state index in [2.05, 4.69) is 11.2 Å². The number of fused-ring (bicyclic) bond motifs is 5. The van der Waals surface area contributed by atoms with E-state index < -0.39 is 112 Å². The maximum absolute atomic E-state index is 15.6. The van der Waals surface area contributed by atoms with Crippen LogP contribution in [0.2, 0.25) is 0 Å². The van der Waals surface area contributed by atoms with E-state index in [1.165, 1.54) is 40.2 Å². The number of carbonyl (C=O) groups excluding carboxylic acids is 5. The van der Waals surface area contributed by atoms with E-state index in [9.17, 15) is 29.4 Å². The lowest BCUT2D eigenvalue weighted by Crippen LogP contribution is -2.76. The average Bonchev–Trinajstić information content (AvgIpc) is 3.23. The summed E-state index contributed by atoms with van der Waals surface area (Å²) < 4.78 is 42.2. The van der Waals surface area contributed by atoms with Gasteiger partial charge < -0.3 is 48.7 Å². The molecule has 3 aliphatic carbocycles.